The highest BCUT2D eigenvalue weighted by atomic mass is 32.2. The number of hydrogen-bond donors (Lipinski definition) is 2. The van der Waals surface area contributed by atoms with Crippen molar-refractivity contribution in [1.29, 1.82) is 0 Å². The lowest BCUT2D eigenvalue weighted by atomic mass is 10.1. The Morgan fingerprint density at radius 3 is 2.29 bits per heavy atom. The number of hydrogen-bond acceptors (Lipinski definition) is 6. The molecule has 8 nitrogen and oxygen atoms in total. The molecule has 2 aromatic heterocycles. The Kier molecular flexibility index (Phi) is 7.66. The monoisotopic (exact) mass is 479 g/mol. The molecular weight excluding hydrogens is 450 g/mol. The third-order valence-corrected chi connectivity index (χ3v) is 6.87. The number of carbonyl (C=O) groups excluding carboxylic acids is 1. The molecule has 1 atom stereocenters. The zero-order valence-electron chi connectivity index (χ0n) is 18.9. The molecular formula is C25H29N5O3S. The molecule has 0 bridgehead atoms. The van der Waals surface area contributed by atoms with Gasteiger partial charge in [0.05, 0.1) is 22.3 Å². The molecule has 0 spiro atoms. The summed E-state index contributed by atoms with van der Waals surface area (Å²) in [5.74, 6) is -0.0102. The normalized spacial score (nSPS) is 15.3. The summed E-state index contributed by atoms with van der Waals surface area (Å²) < 4.78 is 23.2. The maximum atomic E-state index is 12.7. The minimum absolute atomic E-state index is 0.0102. The Hall–Kier alpha value is -3.14. The average Bonchev–Trinajstić information content (AvgIpc) is 3.22. The van der Waals surface area contributed by atoms with Crippen molar-refractivity contribution in [2.24, 2.45) is 5.14 Å². The number of carbonyl (C=O) groups is 1. The number of fused-ring (bicyclic) bond motifs is 1. The van der Waals surface area contributed by atoms with E-state index in [-0.39, 0.29) is 16.8 Å². The number of rotatable bonds is 10. The highest BCUT2D eigenvalue weighted by Crippen LogP contribution is 2.32. The third-order valence-electron chi connectivity index (χ3n) is 5.96. The molecule has 178 valence electrons. The fourth-order valence-corrected chi connectivity index (χ4v) is 4.87. The van der Waals surface area contributed by atoms with Gasteiger partial charge in [-0.3, -0.25) is 19.7 Å². The smallest absolute Gasteiger partial charge is 0.238 e. The van der Waals surface area contributed by atoms with Gasteiger partial charge in [0.2, 0.25) is 15.9 Å². The lowest BCUT2D eigenvalue weighted by Crippen LogP contribution is -2.29. The molecule has 1 amide bonds. The number of nitrogens with two attached hydrogens (primary N) is 1. The summed E-state index contributed by atoms with van der Waals surface area (Å²) in [5, 5.41) is 8.34. The van der Waals surface area contributed by atoms with E-state index >= 15 is 0 Å². The first-order valence-electron chi connectivity index (χ1n) is 11.4. The van der Waals surface area contributed by atoms with Crippen LogP contribution in [0.2, 0.25) is 0 Å². The zero-order valence-corrected chi connectivity index (χ0v) is 19.7. The predicted molar refractivity (Wildman–Crippen MR) is 129 cm³/mol. The number of nitrogens with zero attached hydrogens (tertiary/aromatic N) is 3. The number of benzene rings is 1. The standard InChI is InChI=1S/C25H29N5O3S/c26-34(32,33)22-10-11-23-19(16-22)9-12-24(23)29-25(31)8-5-15-30(17-20-6-1-3-13-27-20)18-21-7-2-4-14-28-21/h1-4,6-7,10-11,13-14,16,24H,5,8-9,12,15,17-18H2,(H,29,31)(H2,26,32,33). The van der Waals surface area contributed by atoms with Crippen LogP contribution in [0.3, 0.4) is 0 Å². The quantitative estimate of drug-likeness (QED) is 0.462. The fraction of sp³-hybridized carbons (Fsp3) is 0.320. The Labute approximate surface area is 200 Å². The van der Waals surface area contributed by atoms with E-state index in [0.29, 0.717) is 32.4 Å². The van der Waals surface area contributed by atoms with Crippen molar-refractivity contribution < 1.29 is 13.2 Å². The molecule has 1 aliphatic carbocycles. The molecule has 1 aromatic carbocycles. The molecule has 34 heavy (non-hydrogen) atoms. The van der Waals surface area contributed by atoms with Crippen LogP contribution in [0.25, 0.3) is 0 Å². The van der Waals surface area contributed by atoms with Gasteiger partial charge in [-0.1, -0.05) is 18.2 Å². The van der Waals surface area contributed by atoms with E-state index in [0.717, 1.165) is 35.5 Å². The van der Waals surface area contributed by atoms with Crippen LogP contribution in [0.15, 0.2) is 71.9 Å². The SMILES string of the molecule is NS(=O)(=O)c1ccc2c(c1)CCC2NC(=O)CCCN(Cc1ccccn1)Cc1ccccn1. The Morgan fingerprint density at radius 1 is 1.03 bits per heavy atom. The van der Waals surface area contributed by atoms with Crippen LogP contribution < -0.4 is 10.5 Å². The van der Waals surface area contributed by atoms with E-state index in [2.05, 4.69) is 20.2 Å². The maximum absolute atomic E-state index is 12.7. The first-order chi connectivity index (χ1) is 16.4. The molecule has 0 saturated carbocycles. The Morgan fingerprint density at radius 2 is 1.71 bits per heavy atom. The van der Waals surface area contributed by atoms with Gasteiger partial charge >= 0.3 is 0 Å². The van der Waals surface area contributed by atoms with Crippen molar-refractivity contribution in [3.05, 3.63) is 89.5 Å². The molecule has 2 heterocycles. The van der Waals surface area contributed by atoms with Crippen molar-refractivity contribution in [2.45, 2.75) is 49.7 Å². The molecule has 3 N–H and O–H groups in total. The Balaban J connectivity index is 1.32. The number of aryl methyl sites for hydroxylation is 1. The average molecular weight is 480 g/mol. The van der Waals surface area contributed by atoms with Gasteiger partial charge < -0.3 is 5.32 Å². The molecule has 0 fully saturated rings. The van der Waals surface area contributed by atoms with Gasteiger partial charge in [-0.05, 0) is 73.3 Å². The van der Waals surface area contributed by atoms with E-state index in [1.54, 1.807) is 24.5 Å². The van der Waals surface area contributed by atoms with Gasteiger partial charge in [0.25, 0.3) is 0 Å². The molecule has 0 saturated heterocycles. The minimum atomic E-state index is -3.73. The highest BCUT2D eigenvalue weighted by molar-refractivity contribution is 7.89. The first-order valence-corrected chi connectivity index (χ1v) is 12.9. The van der Waals surface area contributed by atoms with E-state index in [9.17, 15) is 13.2 Å². The number of pyridine rings is 2. The second-order valence-corrected chi connectivity index (χ2v) is 10.1. The van der Waals surface area contributed by atoms with E-state index < -0.39 is 10.0 Å². The maximum Gasteiger partial charge on any atom is 0.238 e. The number of sulfonamides is 1. The van der Waals surface area contributed by atoms with Gasteiger partial charge in [0.1, 0.15) is 0 Å². The molecule has 3 aromatic rings. The summed E-state index contributed by atoms with van der Waals surface area (Å²) in [6.07, 6.45) is 6.14. The number of amides is 1. The van der Waals surface area contributed by atoms with Crippen molar-refractivity contribution >= 4 is 15.9 Å². The van der Waals surface area contributed by atoms with Gasteiger partial charge in [-0.2, -0.15) is 0 Å². The van der Waals surface area contributed by atoms with Crippen LogP contribution >= 0.6 is 0 Å². The van der Waals surface area contributed by atoms with Crippen LogP contribution in [-0.2, 0) is 34.3 Å². The topological polar surface area (TPSA) is 118 Å². The third kappa shape index (κ3) is 6.47. The van der Waals surface area contributed by atoms with Crippen molar-refractivity contribution in [1.82, 2.24) is 20.2 Å². The van der Waals surface area contributed by atoms with Crippen LogP contribution in [0.5, 0.6) is 0 Å². The largest absolute Gasteiger partial charge is 0.349 e. The minimum Gasteiger partial charge on any atom is -0.349 e. The van der Waals surface area contributed by atoms with E-state index in [4.69, 9.17) is 5.14 Å². The molecule has 0 aliphatic heterocycles. The van der Waals surface area contributed by atoms with E-state index in [1.165, 1.54) is 6.07 Å². The zero-order chi connectivity index (χ0) is 24.0. The van der Waals surface area contributed by atoms with Crippen molar-refractivity contribution in [3.63, 3.8) is 0 Å². The lowest BCUT2D eigenvalue weighted by molar-refractivity contribution is -0.122. The van der Waals surface area contributed by atoms with Crippen molar-refractivity contribution in [3.8, 4) is 0 Å². The second kappa shape index (κ2) is 10.9. The summed E-state index contributed by atoms with van der Waals surface area (Å²) >= 11 is 0. The van der Waals surface area contributed by atoms with Crippen molar-refractivity contribution in [2.75, 3.05) is 6.54 Å². The summed E-state index contributed by atoms with van der Waals surface area (Å²) in [4.78, 5) is 23.9. The molecule has 1 unspecified atom stereocenters. The Bertz CT molecular complexity index is 1180. The molecule has 4 rings (SSSR count). The predicted octanol–water partition coefficient (Wildman–Crippen LogP) is 2.71. The van der Waals surface area contributed by atoms with Crippen LogP contribution in [-0.4, -0.2) is 35.7 Å². The summed E-state index contributed by atoms with van der Waals surface area (Å²) in [6.45, 7) is 2.10. The van der Waals surface area contributed by atoms with Crippen LogP contribution in [0.4, 0.5) is 0 Å². The van der Waals surface area contributed by atoms with Gasteiger partial charge in [0.15, 0.2) is 0 Å². The van der Waals surface area contributed by atoms with Gasteiger partial charge in [-0.25, -0.2) is 13.6 Å². The molecule has 9 heteroatoms. The number of aromatic nitrogens is 2. The first kappa shape index (κ1) is 24.0. The summed E-state index contributed by atoms with van der Waals surface area (Å²) in [6, 6.07) is 16.5. The van der Waals surface area contributed by atoms with E-state index in [1.807, 2.05) is 36.4 Å². The highest BCUT2D eigenvalue weighted by Gasteiger charge is 2.25. The molecule has 0 radical (unpaired) electrons. The number of nitrogens with one attached hydrogen (secondary N) is 1. The second-order valence-electron chi connectivity index (χ2n) is 8.52. The summed E-state index contributed by atoms with van der Waals surface area (Å²) in [7, 11) is -3.73. The fourth-order valence-electron chi connectivity index (χ4n) is 4.31. The van der Waals surface area contributed by atoms with Gasteiger partial charge in [0, 0.05) is 31.9 Å². The van der Waals surface area contributed by atoms with Crippen LogP contribution in [0.1, 0.15) is 47.8 Å². The summed E-state index contributed by atoms with van der Waals surface area (Å²) in [5.41, 5.74) is 3.84. The van der Waals surface area contributed by atoms with Gasteiger partial charge in [-0.15, -0.1) is 0 Å². The lowest BCUT2D eigenvalue weighted by Gasteiger charge is -2.22. The molecule has 1 aliphatic rings. The van der Waals surface area contributed by atoms with Crippen LogP contribution in [0, 0.1) is 0 Å². The number of primary sulfonamides is 1.